The second kappa shape index (κ2) is 11.2. The third kappa shape index (κ3) is 6.70. The van der Waals surface area contributed by atoms with Gasteiger partial charge in [0.15, 0.2) is 5.11 Å². The van der Waals surface area contributed by atoms with Gasteiger partial charge in [-0.15, -0.1) is 0 Å². The Labute approximate surface area is 212 Å². The third-order valence-electron chi connectivity index (χ3n) is 5.81. The van der Waals surface area contributed by atoms with E-state index in [9.17, 15) is 0 Å². The Bertz CT molecular complexity index is 1290. The van der Waals surface area contributed by atoms with Crippen molar-refractivity contribution in [3.05, 3.63) is 102 Å². The van der Waals surface area contributed by atoms with Crippen molar-refractivity contribution in [2.75, 3.05) is 6.61 Å². The fourth-order valence-electron chi connectivity index (χ4n) is 3.85. The molecule has 4 aromatic rings. The molecule has 0 spiro atoms. The number of fused-ring (bicyclic) bond motifs is 1. The molecule has 3 aromatic carbocycles. The number of rotatable bonds is 8. The predicted molar refractivity (Wildman–Crippen MR) is 149 cm³/mol. The minimum absolute atomic E-state index is 0.136. The highest BCUT2D eigenvalue weighted by Crippen LogP contribution is 2.24. The number of nitrogens with zero attached hydrogens (tertiary/aromatic N) is 2. The lowest BCUT2D eigenvalue weighted by Gasteiger charge is -2.19. The van der Waals surface area contributed by atoms with Crippen molar-refractivity contribution in [1.29, 1.82) is 0 Å². The first-order chi connectivity index (χ1) is 16.9. The zero-order valence-electron chi connectivity index (χ0n) is 20.5. The van der Waals surface area contributed by atoms with E-state index >= 15 is 0 Å². The molecule has 6 heteroatoms. The molecule has 0 fully saturated rings. The zero-order valence-corrected chi connectivity index (χ0v) is 21.3. The van der Waals surface area contributed by atoms with Crippen LogP contribution in [0, 0.1) is 0 Å². The van der Waals surface area contributed by atoms with Gasteiger partial charge in [-0.25, -0.2) is 0 Å². The molecule has 2 N–H and O–H groups in total. The van der Waals surface area contributed by atoms with E-state index in [0.29, 0.717) is 18.3 Å². The number of nitrogens with one attached hydrogen (secondary N) is 2. The van der Waals surface area contributed by atoms with Crippen LogP contribution in [0.1, 0.15) is 37.5 Å². The lowest BCUT2D eigenvalue weighted by atomic mass is 9.87. The van der Waals surface area contributed by atoms with Crippen LogP contribution in [0.5, 0.6) is 5.75 Å². The van der Waals surface area contributed by atoms with Crippen LogP contribution >= 0.6 is 12.2 Å². The van der Waals surface area contributed by atoms with Crippen molar-refractivity contribution < 1.29 is 4.74 Å². The predicted octanol–water partition coefficient (Wildman–Crippen LogP) is 6.02. The van der Waals surface area contributed by atoms with Crippen LogP contribution in [0.2, 0.25) is 0 Å². The fraction of sp³-hybridized carbons (Fsp3) is 0.241. The highest BCUT2D eigenvalue weighted by Gasteiger charge is 2.13. The molecule has 0 bridgehead atoms. The van der Waals surface area contributed by atoms with Crippen molar-refractivity contribution in [2.45, 2.75) is 39.3 Å². The SMILES string of the molecule is CC(C)(C)c1ccc(OCCn2cc(/C=N\NC(=S)NCc3ccccc3)c3ccccc32)cc1. The summed E-state index contributed by atoms with van der Waals surface area (Å²) >= 11 is 5.34. The molecule has 0 saturated carbocycles. The van der Waals surface area contributed by atoms with Crippen molar-refractivity contribution >= 4 is 34.4 Å². The number of hydrogen-bond acceptors (Lipinski definition) is 3. The maximum Gasteiger partial charge on any atom is 0.187 e. The standard InChI is InChI=1S/C29H32N4OS/c1-29(2,3)24-13-15-25(16-14-24)34-18-17-33-21-23(26-11-7-8-12-27(26)33)20-31-32-28(35)30-19-22-9-5-4-6-10-22/h4-16,20-21H,17-19H2,1-3H3,(H2,30,32,35)/b31-20-. The summed E-state index contributed by atoms with van der Waals surface area (Å²) in [5.41, 5.74) is 7.68. The van der Waals surface area contributed by atoms with Gasteiger partial charge in [-0.05, 0) is 47.0 Å². The van der Waals surface area contributed by atoms with Gasteiger partial charge < -0.3 is 14.6 Å². The van der Waals surface area contributed by atoms with Gasteiger partial charge in [-0.3, -0.25) is 5.43 Å². The van der Waals surface area contributed by atoms with Crippen molar-refractivity contribution in [2.24, 2.45) is 5.10 Å². The summed E-state index contributed by atoms with van der Waals surface area (Å²) < 4.78 is 8.22. The van der Waals surface area contributed by atoms with Gasteiger partial charge in [0.1, 0.15) is 12.4 Å². The molecule has 0 aliphatic carbocycles. The van der Waals surface area contributed by atoms with Crippen molar-refractivity contribution in [3.8, 4) is 5.75 Å². The molecule has 0 aliphatic rings. The zero-order chi connectivity index (χ0) is 24.7. The van der Waals surface area contributed by atoms with E-state index in [1.54, 1.807) is 6.21 Å². The smallest absolute Gasteiger partial charge is 0.187 e. The number of ether oxygens (including phenoxy) is 1. The molecule has 35 heavy (non-hydrogen) atoms. The van der Waals surface area contributed by atoms with Gasteiger partial charge in [-0.2, -0.15) is 5.10 Å². The summed E-state index contributed by atoms with van der Waals surface area (Å²) in [6, 6.07) is 26.8. The Balaban J connectivity index is 1.35. The molecule has 0 aliphatic heterocycles. The van der Waals surface area contributed by atoms with Gasteiger partial charge in [0.25, 0.3) is 0 Å². The van der Waals surface area contributed by atoms with E-state index in [2.05, 4.69) is 83.8 Å². The summed E-state index contributed by atoms with van der Waals surface area (Å²) in [5.74, 6) is 0.886. The van der Waals surface area contributed by atoms with Crippen LogP contribution in [0.4, 0.5) is 0 Å². The number of hydrazone groups is 1. The van der Waals surface area contributed by atoms with E-state index in [1.807, 2.05) is 42.5 Å². The molecule has 0 saturated heterocycles. The molecular weight excluding hydrogens is 452 g/mol. The van der Waals surface area contributed by atoms with Gasteiger partial charge in [0, 0.05) is 29.2 Å². The van der Waals surface area contributed by atoms with Crippen molar-refractivity contribution in [3.63, 3.8) is 0 Å². The summed E-state index contributed by atoms with van der Waals surface area (Å²) in [6.07, 6.45) is 3.91. The Kier molecular flexibility index (Phi) is 7.83. The molecule has 1 aromatic heterocycles. The topological polar surface area (TPSA) is 50.6 Å². The number of aromatic nitrogens is 1. The second-order valence-electron chi connectivity index (χ2n) is 9.46. The Morgan fingerprint density at radius 2 is 1.69 bits per heavy atom. The first-order valence-corrected chi connectivity index (χ1v) is 12.2. The Morgan fingerprint density at radius 3 is 2.43 bits per heavy atom. The van der Waals surface area contributed by atoms with Gasteiger partial charge in [-0.1, -0.05) is 81.4 Å². The minimum Gasteiger partial charge on any atom is -0.492 e. The monoisotopic (exact) mass is 484 g/mol. The van der Waals surface area contributed by atoms with E-state index in [4.69, 9.17) is 17.0 Å². The number of benzene rings is 3. The van der Waals surface area contributed by atoms with E-state index < -0.39 is 0 Å². The quantitative estimate of drug-likeness (QED) is 0.183. The molecule has 1 heterocycles. The molecule has 4 rings (SSSR count). The minimum atomic E-state index is 0.136. The van der Waals surface area contributed by atoms with Crippen LogP contribution < -0.4 is 15.5 Å². The van der Waals surface area contributed by atoms with Crippen LogP contribution in [0.3, 0.4) is 0 Å². The summed E-state index contributed by atoms with van der Waals surface area (Å²) in [4.78, 5) is 0. The van der Waals surface area contributed by atoms with Crippen LogP contribution in [0.25, 0.3) is 10.9 Å². The number of hydrogen-bond donors (Lipinski definition) is 2. The molecule has 5 nitrogen and oxygen atoms in total. The highest BCUT2D eigenvalue weighted by molar-refractivity contribution is 7.80. The molecule has 0 amide bonds. The van der Waals surface area contributed by atoms with Gasteiger partial charge in [0.2, 0.25) is 0 Å². The van der Waals surface area contributed by atoms with Crippen LogP contribution in [0.15, 0.2) is 90.2 Å². The summed E-state index contributed by atoms with van der Waals surface area (Å²) in [7, 11) is 0. The number of para-hydroxylation sites is 1. The lowest BCUT2D eigenvalue weighted by Crippen LogP contribution is -2.31. The highest BCUT2D eigenvalue weighted by atomic mass is 32.1. The summed E-state index contributed by atoms with van der Waals surface area (Å²) in [6.45, 7) is 8.61. The normalized spacial score (nSPS) is 11.6. The van der Waals surface area contributed by atoms with E-state index in [1.165, 1.54) is 5.56 Å². The van der Waals surface area contributed by atoms with E-state index in [-0.39, 0.29) is 5.41 Å². The van der Waals surface area contributed by atoms with Crippen LogP contribution in [-0.4, -0.2) is 22.5 Å². The molecule has 180 valence electrons. The summed E-state index contributed by atoms with van der Waals surface area (Å²) in [5, 5.41) is 9.14. The molecule has 0 radical (unpaired) electrons. The first kappa shape index (κ1) is 24.5. The van der Waals surface area contributed by atoms with E-state index in [0.717, 1.165) is 34.3 Å². The van der Waals surface area contributed by atoms with Gasteiger partial charge >= 0.3 is 0 Å². The maximum atomic E-state index is 6.02. The Hall–Kier alpha value is -3.64. The maximum absolute atomic E-state index is 6.02. The molecule has 0 atom stereocenters. The lowest BCUT2D eigenvalue weighted by molar-refractivity contribution is 0.300. The third-order valence-corrected chi connectivity index (χ3v) is 6.04. The molecular formula is C29H32N4OS. The second-order valence-corrected chi connectivity index (χ2v) is 9.86. The molecule has 0 unspecified atom stereocenters. The number of thiocarbonyl (C=S) groups is 1. The largest absolute Gasteiger partial charge is 0.492 e. The van der Waals surface area contributed by atoms with Crippen LogP contribution in [-0.2, 0) is 18.5 Å². The first-order valence-electron chi connectivity index (χ1n) is 11.8. The Morgan fingerprint density at radius 1 is 0.971 bits per heavy atom. The average Bonchev–Trinajstić information content (AvgIpc) is 3.21. The fourth-order valence-corrected chi connectivity index (χ4v) is 3.98. The van der Waals surface area contributed by atoms with Crippen molar-refractivity contribution in [1.82, 2.24) is 15.3 Å². The average molecular weight is 485 g/mol. The van der Waals surface area contributed by atoms with Gasteiger partial charge in [0.05, 0.1) is 12.8 Å².